The smallest absolute Gasteiger partial charge is 0.125 e. The molecular weight excluding hydrogens is 669 g/mol. The lowest BCUT2D eigenvalue weighted by molar-refractivity contribution is 0.821. The standard InChI is InChI=1S/C37H28N2.C14H14N2/c1-25-19-21-28(22-20-25)38-33-18-9-8-15-32(33)35-34(38)24-23-31-30-17-10-16-29(26-11-4-2-5-12-26)36(30)39(37(31)35)27-13-6-3-7-14-27;15-14(13-9-5-2-6-10-13)16-11-12-7-3-1-4-8-12/h2-14,16-24,32H,15H2,1H3;1-10H,11H2,(H2,15,16). The van der Waals surface area contributed by atoms with Crippen molar-refractivity contribution in [2.24, 2.45) is 10.7 Å². The number of aromatic nitrogens is 1. The van der Waals surface area contributed by atoms with E-state index < -0.39 is 0 Å². The topological polar surface area (TPSA) is 46.5 Å². The fourth-order valence-corrected chi connectivity index (χ4v) is 8.09. The van der Waals surface area contributed by atoms with Gasteiger partial charge in [-0.2, -0.15) is 0 Å². The molecular formula is C51H42N4. The van der Waals surface area contributed by atoms with Gasteiger partial charge in [0, 0.05) is 50.5 Å². The minimum atomic E-state index is 0.307. The molecule has 2 heterocycles. The Balaban J connectivity index is 0.000000209. The van der Waals surface area contributed by atoms with Gasteiger partial charge in [-0.3, -0.25) is 4.99 Å². The van der Waals surface area contributed by atoms with Crippen molar-refractivity contribution in [3.05, 3.63) is 222 Å². The van der Waals surface area contributed by atoms with Crippen molar-refractivity contribution in [2.45, 2.75) is 25.8 Å². The zero-order valence-electron chi connectivity index (χ0n) is 30.9. The van der Waals surface area contributed by atoms with Crippen molar-refractivity contribution < 1.29 is 0 Å². The normalized spacial score (nSPS) is 14.6. The van der Waals surface area contributed by atoms with E-state index in [0.29, 0.717) is 18.3 Å². The van der Waals surface area contributed by atoms with Crippen LogP contribution >= 0.6 is 0 Å². The van der Waals surface area contributed by atoms with E-state index in [1.807, 2.05) is 60.7 Å². The van der Waals surface area contributed by atoms with Crippen molar-refractivity contribution in [1.29, 1.82) is 0 Å². The molecule has 4 nitrogen and oxygen atoms in total. The van der Waals surface area contributed by atoms with E-state index in [2.05, 4.69) is 155 Å². The van der Waals surface area contributed by atoms with Crippen LogP contribution in [0.3, 0.4) is 0 Å². The lowest BCUT2D eigenvalue weighted by Crippen LogP contribution is -2.14. The van der Waals surface area contributed by atoms with E-state index in [1.54, 1.807) is 0 Å². The summed E-state index contributed by atoms with van der Waals surface area (Å²) in [6, 6.07) is 62.0. The number of anilines is 2. The number of nitrogens with zero attached hydrogens (tertiary/aromatic N) is 3. The molecule has 7 aromatic carbocycles. The van der Waals surface area contributed by atoms with Crippen LogP contribution in [0.2, 0.25) is 0 Å². The molecule has 8 aromatic rings. The Hall–Kier alpha value is -6.91. The van der Waals surface area contributed by atoms with Crippen molar-refractivity contribution in [3.8, 4) is 16.8 Å². The summed E-state index contributed by atoms with van der Waals surface area (Å²) in [5.74, 6) is 0.895. The van der Waals surface area contributed by atoms with Gasteiger partial charge < -0.3 is 15.2 Å². The number of amidine groups is 1. The van der Waals surface area contributed by atoms with Gasteiger partial charge in [0.2, 0.25) is 0 Å². The largest absolute Gasteiger partial charge is 0.383 e. The van der Waals surface area contributed by atoms with Gasteiger partial charge >= 0.3 is 0 Å². The van der Waals surface area contributed by atoms with Crippen molar-refractivity contribution >= 4 is 39.0 Å². The van der Waals surface area contributed by atoms with Gasteiger partial charge in [-0.15, -0.1) is 0 Å². The SMILES string of the molecule is Cc1ccc(N2C3=CC=CCC3c3c2ccc2c4cccc(-c5ccccc5)c4n(-c4ccccc4)c32)cc1.NC(=NCc1ccccc1)c1ccccc1. The maximum absolute atomic E-state index is 5.89. The van der Waals surface area contributed by atoms with E-state index in [1.165, 1.54) is 72.4 Å². The fraction of sp³-hybridized carbons (Fsp3) is 0.0784. The van der Waals surface area contributed by atoms with Crippen LogP contribution in [0.5, 0.6) is 0 Å². The summed E-state index contributed by atoms with van der Waals surface area (Å²) in [5, 5.41) is 2.61. The Morgan fingerprint density at radius 3 is 2.02 bits per heavy atom. The molecule has 2 aliphatic rings. The summed E-state index contributed by atoms with van der Waals surface area (Å²) >= 11 is 0. The lowest BCUT2D eigenvalue weighted by atomic mass is 9.90. The quantitative estimate of drug-likeness (QED) is 0.138. The molecule has 266 valence electrons. The molecule has 1 aromatic heterocycles. The predicted molar refractivity (Wildman–Crippen MR) is 231 cm³/mol. The summed E-state index contributed by atoms with van der Waals surface area (Å²) < 4.78 is 2.53. The lowest BCUT2D eigenvalue weighted by Gasteiger charge is -2.24. The van der Waals surface area contributed by atoms with Crippen molar-refractivity contribution in [2.75, 3.05) is 4.90 Å². The monoisotopic (exact) mass is 710 g/mol. The fourth-order valence-electron chi connectivity index (χ4n) is 8.09. The van der Waals surface area contributed by atoms with Crippen LogP contribution in [0.4, 0.5) is 11.4 Å². The predicted octanol–water partition coefficient (Wildman–Crippen LogP) is 12.4. The first-order valence-corrected chi connectivity index (χ1v) is 19.0. The first-order valence-electron chi connectivity index (χ1n) is 19.0. The minimum Gasteiger partial charge on any atom is -0.383 e. The highest BCUT2D eigenvalue weighted by atomic mass is 15.2. The molecule has 0 saturated carbocycles. The number of allylic oxidation sites excluding steroid dienone is 4. The van der Waals surface area contributed by atoms with E-state index in [9.17, 15) is 0 Å². The zero-order valence-corrected chi connectivity index (χ0v) is 30.9. The van der Waals surface area contributed by atoms with Crippen LogP contribution in [0.25, 0.3) is 38.6 Å². The van der Waals surface area contributed by atoms with E-state index in [4.69, 9.17) is 5.73 Å². The van der Waals surface area contributed by atoms with Gasteiger partial charge in [-0.25, -0.2) is 0 Å². The van der Waals surface area contributed by atoms with Crippen molar-refractivity contribution in [3.63, 3.8) is 0 Å². The number of fused-ring (bicyclic) bond motifs is 7. The van der Waals surface area contributed by atoms with Gasteiger partial charge in [-0.05, 0) is 60.9 Å². The number of rotatable bonds is 6. The minimum absolute atomic E-state index is 0.307. The molecule has 0 radical (unpaired) electrons. The zero-order chi connectivity index (χ0) is 37.1. The number of benzene rings is 7. The molecule has 1 unspecified atom stereocenters. The van der Waals surface area contributed by atoms with Crippen LogP contribution < -0.4 is 10.6 Å². The van der Waals surface area contributed by atoms with Gasteiger partial charge in [0.05, 0.1) is 23.3 Å². The Labute approximate surface area is 322 Å². The molecule has 10 rings (SSSR count). The molecule has 1 atom stereocenters. The molecule has 2 N–H and O–H groups in total. The second-order valence-electron chi connectivity index (χ2n) is 14.2. The molecule has 55 heavy (non-hydrogen) atoms. The molecule has 4 heteroatoms. The number of aryl methyl sites for hydroxylation is 1. The maximum atomic E-state index is 5.89. The highest BCUT2D eigenvalue weighted by Crippen LogP contribution is 2.54. The number of nitrogens with two attached hydrogens (primary N) is 1. The Bertz CT molecular complexity index is 2690. The number of aliphatic imine (C=N–C) groups is 1. The molecule has 0 fully saturated rings. The summed E-state index contributed by atoms with van der Waals surface area (Å²) in [6.45, 7) is 2.78. The Morgan fingerprint density at radius 2 is 1.29 bits per heavy atom. The van der Waals surface area contributed by atoms with Crippen LogP contribution in [-0.4, -0.2) is 10.4 Å². The van der Waals surface area contributed by atoms with Crippen LogP contribution in [0, 0.1) is 6.92 Å². The third-order valence-corrected chi connectivity index (χ3v) is 10.7. The Morgan fingerprint density at radius 1 is 0.636 bits per heavy atom. The second-order valence-corrected chi connectivity index (χ2v) is 14.2. The second kappa shape index (κ2) is 14.8. The first kappa shape index (κ1) is 33.9. The third kappa shape index (κ3) is 6.42. The first-order chi connectivity index (χ1) is 27.2. The van der Waals surface area contributed by atoms with Gasteiger partial charge in [0.15, 0.2) is 0 Å². The number of hydrogen-bond acceptors (Lipinski definition) is 2. The highest BCUT2D eigenvalue weighted by molar-refractivity contribution is 6.16. The molecule has 0 bridgehead atoms. The average Bonchev–Trinajstić information content (AvgIpc) is 3.78. The summed E-state index contributed by atoms with van der Waals surface area (Å²) in [7, 11) is 0. The summed E-state index contributed by atoms with van der Waals surface area (Å²) in [5.41, 5.74) is 20.9. The summed E-state index contributed by atoms with van der Waals surface area (Å²) in [6.07, 6.45) is 7.85. The maximum Gasteiger partial charge on any atom is 0.125 e. The van der Waals surface area contributed by atoms with Gasteiger partial charge in [-0.1, -0.05) is 163 Å². The van der Waals surface area contributed by atoms with Crippen molar-refractivity contribution in [1.82, 2.24) is 4.57 Å². The van der Waals surface area contributed by atoms with Crippen LogP contribution in [0.15, 0.2) is 205 Å². The Kier molecular flexibility index (Phi) is 9.15. The molecule has 0 spiro atoms. The summed E-state index contributed by atoms with van der Waals surface area (Å²) in [4.78, 5) is 6.84. The molecule has 1 aliphatic carbocycles. The molecule has 1 aliphatic heterocycles. The number of para-hydroxylation sites is 2. The van der Waals surface area contributed by atoms with Gasteiger partial charge in [0.1, 0.15) is 5.84 Å². The van der Waals surface area contributed by atoms with E-state index in [0.717, 1.165) is 12.0 Å². The molecule has 0 saturated heterocycles. The molecule has 0 amide bonds. The third-order valence-electron chi connectivity index (χ3n) is 10.7. The average molecular weight is 711 g/mol. The van der Waals surface area contributed by atoms with Gasteiger partial charge in [0.25, 0.3) is 0 Å². The van der Waals surface area contributed by atoms with Crippen LogP contribution in [-0.2, 0) is 6.54 Å². The van der Waals surface area contributed by atoms with E-state index in [-0.39, 0.29) is 0 Å². The van der Waals surface area contributed by atoms with Crippen LogP contribution in [0.1, 0.15) is 34.6 Å². The highest BCUT2D eigenvalue weighted by Gasteiger charge is 2.38. The van der Waals surface area contributed by atoms with E-state index >= 15 is 0 Å². The number of hydrogen-bond donors (Lipinski definition) is 1.